The highest BCUT2D eigenvalue weighted by Crippen LogP contribution is 2.14. The molecule has 0 saturated heterocycles. The molecule has 0 saturated carbocycles. The molecule has 0 aliphatic carbocycles. The predicted octanol–water partition coefficient (Wildman–Crippen LogP) is 1.39. The lowest BCUT2D eigenvalue weighted by atomic mass is 10.3. The van der Waals surface area contributed by atoms with Crippen molar-refractivity contribution in [2.45, 2.75) is 6.54 Å². The molecule has 0 fully saturated rings. The van der Waals surface area contributed by atoms with E-state index in [-0.39, 0.29) is 0 Å². The minimum Gasteiger partial charge on any atom is -0.378 e. The van der Waals surface area contributed by atoms with Crippen LogP contribution in [0, 0.1) is 0 Å². The van der Waals surface area contributed by atoms with Crippen molar-refractivity contribution in [2.75, 3.05) is 16.3 Å². The first-order chi connectivity index (χ1) is 8.53. The average Bonchev–Trinajstić information content (AvgIpc) is 2.79. The summed E-state index contributed by atoms with van der Waals surface area (Å²) in [4.78, 5) is 7.07. The quantitative estimate of drug-likeness (QED) is 0.763. The van der Waals surface area contributed by atoms with E-state index in [1.165, 1.54) is 0 Å². The summed E-state index contributed by atoms with van der Waals surface area (Å²) in [6.07, 6.45) is 4.57. The molecule has 0 unspecified atom stereocenters. The zero-order valence-electron chi connectivity index (χ0n) is 9.84. The number of aromatic amines is 1. The number of sulfonamides is 1. The fourth-order valence-electron chi connectivity index (χ4n) is 1.45. The van der Waals surface area contributed by atoms with E-state index in [1.54, 1.807) is 36.7 Å². The first-order valence-electron chi connectivity index (χ1n) is 5.33. The molecule has 6 nitrogen and oxygen atoms in total. The molecular weight excluding hydrogens is 252 g/mol. The van der Waals surface area contributed by atoms with Crippen molar-refractivity contribution in [3.05, 3.63) is 42.5 Å². The van der Waals surface area contributed by atoms with Crippen molar-refractivity contribution < 1.29 is 8.42 Å². The maximum absolute atomic E-state index is 11.0. The normalized spacial score (nSPS) is 11.2. The number of imidazole rings is 1. The van der Waals surface area contributed by atoms with E-state index in [1.807, 2.05) is 0 Å². The lowest BCUT2D eigenvalue weighted by Crippen LogP contribution is -2.09. The minimum atomic E-state index is -3.22. The molecular formula is C11H14N4O2S. The van der Waals surface area contributed by atoms with Gasteiger partial charge in [0.15, 0.2) is 0 Å². The second-order valence-electron chi connectivity index (χ2n) is 3.84. The van der Waals surface area contributed by atoms with Gasteiger partial charge in [-0.05, 0) is 24.3 Å². The molecule has 96 valence electrons. The SMILES string of the molecule is CS(=O)(=O)Nc1ccc(NCc2ncc[nH]2)cc1. The van der Waals surface area contributed by atoms with Crippen LogP contribution in [0.5, 0.6) is 0 Å². The third kappa shape index (κ3) is 3.77. The maximum atomic E-state index is 11.0. The van der Waals surface area contributed by atoms with Crippen LogP contribution in [-0.4, -0.2) is 24.6 Å². The molecule has 18 heavy (non-hydrogen) atoms. The van der Waals surface area contributed by atoms with Gasteiger partial charge in [0.25, 0.3) is 0 Å². The van der Waals surface area contributed by atoms with Gasteiger partial charge in [-0.1, -0.05) is 0 Å². The minimum absolute atomic E-state index is 0.543. The Kier molecular flexibility index (Phi) is 3.52. The van der Waals surface area contributed by atoms with Gasteiger partial charge in [-0.25, -0.2) is 13.4 Å². The number of H-pyrrole nitrogens is 1. The molecule has 1 aromatic heterocycles. The summed E-state index contributed by atoms with van der Waals surface area (Å²) in [6.45, 7) is 0.589. The van der Waals surface area contributed by atoms with Gasteiger partial charge in [0.2, 0.25) is 10.0 Å². The zero-order valence-corrected chi connectivity index (χ0v) is 10.7. The van der Waals surface area contributed by atoms with Crippen LogP contribution >= 0.6 is 0 Å². The van der Waals surface area contributed by atoms with Gasteiger partial charge in [-0.2, -0.15) is 0 Å². The van der Waals surface area contributed by atoms with Crippen LogP contribution in [-0.2, 0) is 16.6 Å². The molecule has 0 radical (unpaired) electrons. The molecule has 0 spiro atoms. The second kappa shape index (κ2) is 5.09. The topological polar surface area (TPSA) is 86.9 Å². The highest BCUT2D eigenvalue weighted by atomic mass is 32.2. The third-order valence-electron chi connectivity index (χ3n) is 2.20. The summed E-state index contributed by atoms with van der Waals surface area (Å²) in [5, 5.41) is 3.17. The predicted molar refractivity (Wildman–Crippen MR) is 70.8 cm³/mol. The van der Waals surface area contributed by atoms with Crippen molar-refractivity contribution in [3.8, 4) is 0 Å². The Bertz CT molecular complexity index is 590. The molecule has 2 aromatic rings. The summed E-state index contributed by atoms with van der Waals surface area (Å²) in [5.41, 5.74) is 1.44. The number of benzene rings is 1. The summed E-state index contributed by atoms with van der Waals surface area (Å²) in [6, 6.07) is 7.00. The summed E-state index contributed by atoms with van der Waals surface area (Å²) in [5.74, 6) is 0.841. The van der Waals surface area contributed by atoms with E-state index in [4.69, 9.17) is 0 Å². The number of nitrogens with one attached hydrogen (secondary N) is 3. The summed E-state index contributed by atoms with van der Waals surface area (Å²) >= 11 is 0. The van der Waals surface area contributed by atoms with Crippen molar-refractivity contribution in [1.82, 2.24) is 9.97 Å². The maximum Gasteiger partial charge on any atom is 0.229 e. The lowest BCUT2D eigenvalue weighted by Gasteiger charge is -2.07. The number of nitrogens with zero attached hydrogens (tertiary/aromatic N) is 1. The largest absolute Gasteiger partial charge is 0.378 e. The van der Waals surface area contributed by atoms with Crippen LogP contribution in [0.3, 0.4) is 0 Å². The molecule has 0 atom stereocenters. The Labute approximate surface area is 106 Å². The molecule has 0 amide bonds. The molecule has 7 heteroatoms. The van der Waals surface area contributed by atoms with E-state index in [0.29, 0.717) is 12.2 Å². The Morgan fingerprint density at radius 2 is 1.89 bits per heavy atom. The highest BCUT2D eigenvalue weighted by Gasteiger charge is 2.01. The Morgan fingerprint density at radius 1 is 1.22 bits per heavy atom. The number of aromatic nitrogens is 2. The van der Waals surface area contributed by atoms with Gasteiger partial charge in [0.05, 0.1) is 12.8 Å². The van der Waals surface area contributed by atoms with Crippen molar-refractivity contribution in [1.29, 1.82) is 0 Å². The zero-order chi connectivity index (χ0) is 13.0. The van der Waals surface area contributed by atoms with Crippen molar-refractivity contribution >= 4 is 21.4 Å². The van der Waals surface area contributed by atoms with E-state index in [2.05, 4.69) is 20.0 Å². The molecule has 1 heterocycles. The van der Waals surface area contributed by atoms with Gasteiger partial charge in [-0.3, -0.25) is 4.72 Å². The number of hydrogen-bond acceptors (Lipinski definition) is 4. The molecule has 2 rings (SSSR count). The fraction of sp³-hybridized carbons (Fsp3) is 0.182. The van der Waals surface area contributed by atoms with E-state index in [0.717, 1.165) is 17.8 Å². The standard InChI is InChI=1S/C11H14N4O2S/c1-18(16,17)15-10-4-2-9(3-5-10)14-8-11-12-6-7-13-11/h2-7,14-15H,8H2,1H3,(H,12,13). The third-order valence-corrected chi connectivity index (χ3v) is 2.81. The lowest BCUT2D eigenvalue weighted by molar-refractivity contribution is 0.607. The fourth-order valence-corrected chi connectivity index (χ4v) is 2.01. The first-order valence-corrected chi connectivity index (χ1v) is 7.22. The average molecular weight is 266 g/mol. The van der Waals surface area contributed by atoms with Crippen LogP contribution < -0.4 is 10.0 Å². The summed E-state index contributed by atoms with van der Waals surface area (Å²) < 4.78 is 24.5. The van der Waals surface area contributed by atoms with Crippen LogP contribution in [0.15, 0.2) is 36.7 Å². The Morgan fingerprint density at radius 3 is 2.44 bits per heavy atom. The van der Waals surface area contributed by atoms with Gasteiger partial charge < -0.3 is 10.3 Å². The van der Waals surface area contributed by atoms with E-state index < -0.39 is 10.0 Å². The van der Waals surface area contributed by atoms with Crippen LogP contribution in [0.4, 0.5) is 11.4 Å². The van der Waals surface area contributed by atoms with Crippen LogP contribution in [0.25, 0.3) is 0 Å². The molecule has 3 N–H and O–H groups in total. The molecule has 0 bridgehead atoms. The number of hydrogen-bond donors (Lipinski definition) is 3. The molecule has 1 aromatic carbocycles. The number of rotatable bonds is 5. The smallest absolute Gasteiger partial charge is 0.229 e. The highest BCUT2D eigenvalue weighted by molar-refractivity contribution is 7.92. The van der Waals surface area contributed by atoms with Crippen molar-refractivity contribution in [2.24, 2.45) is 0 Å². The van der Waals surface area contributed by atoms with Gasteiger partial charge in [0.1, 0.15) is 5.82 Å². The summed E-state index contributed by atoms with van der Waals surface area (Å²) in [7, 11) is -3.22. The Hall–Kier alpha value is -2.02. The second-order valence-corrected chi connectivity index (χ2v) is 5.59. The monoisotopic (exact) mass is 266 g/mol. The van der Waals surface area contributed by atoms with Gasteiger partial charge in [-0.15, -0.1) is 0 Å². The van der Waals surface area contributed by atoms with Gasteiger partial charge >= 0.3 is 0 Å². The first kappa shape index (κ1) is 12.4. The van der Waals surface area contributed by atoms with E-state index >= 15 is 0 Å². The van der Waals surface area contributed by atoms with E-state index in [9.17, 15) is 8.42 Å². The number of anilines is 2. The Balaban J connectivity index is 1.95. The van der Waals surface area contributed by atoms with Crippen molar-refractivity contribution in [3.63, 3.8) is 0 Å². The molecule has 0 aliphatic rings. The van der Waals surface area contributed by atoms with Crippen LogP contribution in [0.1, 0.15) is 5.82 Å². The molecule has 0 aliphatic heterocycles. The van der Waals surface area contributed by atoms with Gasteiger partial charge in [0, 0.05) is 23.8 Å². The van der Waals surface area contributed by atoms with Crippen LogP contribution in [0.2, 0.25) is 0 Å².